The van der Waals surface area contributed by atoms with Gasteiger partial charge in [0.25, 0.3) is 0 Å². The van der Waals surface area contributed by atoms with E-state index in [9.17, 15) is 0 Å². The maximum absolute atomic E-state index is 5.70. The predicted octanol–water partition coefficient (Wildman–Crippen LogP) is 1.18. The van der Waals surface area contributed by atoms with Crippen molar-refractivity contribution in [1.82, 2.24) is 15.1 Å². The van der Waals surface area contributed by atoms with Gasteiger partial charge in [0.2, 0.25) is 5.13 Å². The van der Waals surface area contributed by atoms with Crippen LogP contribution in [0.15, 0.2) is 5.51 Å². The number of anilines is 1. The van der Waals surface area contributed by atoms with E-state index in [0.717, 1.165) is 37.7 Å². The van der Waals surface area contributed by atoms with E-state index in [0.29, 0.717) is 6.04 Å². The molecule has 18 heavy (non-hydrogen) atoms. The Kier molecular flexibility index (Phi) is 5.34. The lowest BCUT2D eigenvalue weighted by Crippen LogP contribution is -2.39. The first kappa shape index (κ1) is 13.7. The monoisotopic (exact) mass is 269 g/mol. The van der Waals surface area contributed by atoms with Crippen molar-refractivity contribution in [2.75, 3.05) is 37.6 Å². The summed E-state index contributed by atoms with van der Waals surface area (Å²) in [6.07, 6.45) is 3.49. The van der Waals surface area contributed by atoms with Crippen LogP contribution in [0.25, 0.3) is 0 Å². The fourth-order valence-electron chi connectivity index (χ4n) is 2.64. The molecule has 1 aliphatic heterocycles. The van der Waals surface area contributed by atoms with Crippen molar-refractivity contribution < 1.29 is 0 Å². The fraction of sp³-hybridized carbons (Fsp3) is 0.833. The lowest BCUT2D eigenvalue weighted by Gasteiger charge is -2.29. The molecule has 1 unspecified atom stereocenters. The Bertz CT molecular complexity index is 329. The molecule has 1 aromatic heterocycles. The van der Waals surface area contributed by atoms with E-state index in [1.54, 1.807) is 16.8 Å². The van der Waals surface area contributed by atoms with E-state index in [1.807, 2.05) is 0 Å². The van der Waals surface area contributed by atoms with Gasteiger partial charge in [-0.15, -0.1) is 10.2 Å². The molecule has 2 N–H and O–H groups in total. The van der Waals surface area contributed by atoms with Crippen molar-refractivity contribution >= 4 is 16.5 Å². The van der Waals surface area contributed by atoms with Crippen LogP contribution in [0, 0.1) is 0 Å². The molecule has 6 heteroatoms. The van der Waals surface area contributed by atoms with Crippen LogP contribution in [-0.4, -0.2) is 53.9 Å². The van der Waals surface area contributed by atoms with E-state index < -0.39 is 0 Å². The lowest BCUT2D eigenvalue weighted by molar-refractivity contribution is 0.196. The zero-order chi connectivity index (χ0) is 12.8. The van der Waals surface area contributed by atoms with Crippen LogP contribution in [0.5, 0.6) is 0 Å². The molecule has 1 aromatic rings. The van der Waals surface area contributed by atoms with Crippen molar-refractivity contribution in [1.29, 1.82) is 0 Å². The summed E-state index contributed by atoms with van der Waals surface area (Å²) in [5, 5.41) is 9.15. The third-order valence-electron chi connectivity index (χ3n) is 3.64. The summed E-state index contributed by atoms with van der Waals surface area (Å²) >= 11 is 1.63. The van der Waals surface area contributed by atoms with E-state index in [-0.39, 0.29) is 0 Å². The van der Waals surface area contributed by atoms with Crippen molar-refractivity contribution in [3.05, 3.63) is 5.51 Å². The topological polar surface area (TPSA) is 58.3 Å². The van der Waals surface area contributed by atoms with Gasteiger partial charge in [-0.25, -0.2) is 0 Å². The molecule has 102 valence electrons. The summed E-state index contributed by atoms with van der Waals surface area (Å²) in [7, 11) is 0. The Labute approximate surface area is 113 Å². The van der Waals surface area contributed by atoms with Crippen molar-refractivity contribution in [2.45, 2.75) is 32.2 Å². The van der Waals surface area contributed by atoms with E-state index >= 15 is 0 Å². The highest BCUT2D eigenvalue weighted by molar-refractivity contribution is 7.13. The molecule has 0 saturated carbocycles. The van der Waals surface area contributed by atoms with Crippen LogP contribution in [0.1, 0.15) is 26.2 Å². The molecular formula is C12H23N5S. The molecule has 2 rings (SSSR count). The summed E-state index contributed by atoms with van der Waals surface area (Å²) in [4.78, 5) is 4.95. The van der Waals surface area contributed by atoms with Gasteiger partial charge in [0.05, 0.1) is 0 Å². The van der Waals surface area contributed by atoms with Gasteiger partial charge >= 0.3 is 0 Å². The maximum atomic E-state index is 5.70. The number of hydrogen-bond donors (Lipinski definition) is 1. The molecule has 0 amide bonds. The van der Waals surface area contributed by atoms with Gasteiger partial charge in [0, 0.05) is 32.2 Å². The number of rotatable bonds is 5. The van der Waals surface area contributed by atoms with Crippen LogP contribution >= 0.6 is 11.3 Å². The van der Waals surface area contributed by atoms with Gasteiger partial charge in [0.15, 0.2) is 0 Å². The average Bonchev–Trinajstić information content (AvgIpc) is 2.81. The summed E-state index contributed by atoms with van der Waals surface area (Å²) in [5.74, 6) is 0. The van der Waals surface area contributed by atoms with Crippen LogP contribution in [0.4, 0.5) is 5.13 Å². The van der Waals surface area contributed by atoms with Gasteiger partial charge in [-0.3, -0.25) is 4.90 Å². The Morgan fingerprint density at radius 1 is 1.39 bits per heavy atom. The molecule has 0 radical (unpaired) electrons. The number of nitrogens with zero attached hydrogens (tertiary/aromatic N) is 4. The molecule has 0 aromatic carbocycles. The standard InChI is InChI=1S/C12H23N5S/c1-2-11(4-5-13)16-6-3-7-17(9-8-16)12-15-14-10-18-12/h10-11H,2-9,13H2,1H3. The fourth-order valence-corrected chi connectivity index (χ4v) is 3.25. The zero-order valence-electron chi connectivity index (χ0n) is 11.1. The highest BCUT2D eigenvalue weighted by Crippen LogP contribution is 2.19. The third-order valence-corrected chi connectivity index (χ3v) is 4.39. The molecule has 1 atom stereocenters. The number of nitrogens with two attached hydrogens (primary N) is 1. The first-order valence-corrected chi connectivity index (χ1v) is 7.68. The number of hydrogen-bond acceptors (Lipinski definition) is 6. The molecule has 0 aliphatic carbocycles. The Morgan fingerprint density at radius 2 is 2.28 bits per heavy atom. The van der Waals surface area contributed by atoms with Gasteiger partial charge in [0.1, 0.15) is 5.51 Å². The summed E-state index contributed by atoms with van der Waals surface area (Å²) in [6, 6.07) is 0.643. The first-order chi connectivity index (χ1) is 8.85. The Balaban J connectivity index is 1.91. The quantitative estimate of drug-likeness (QED) is 0.870. The second kappa shape index (κ2) is 7.01. The van der Waals surface area contributed by atoms with Crippen LogP contribution in [0.3, 0.4) is 0 Å². The summed E-state index contributed by atoms with van der Waals surface area (Å²) in [6.45, 7) is 7.47. The highest BCUT2D eigenvalue weighted by Gasteiger charge is 2.21. The molecule has 5 nitrogen and oxygen atoms in total. The molecule has 1 fully saturated rings. The first-order valence-electron chi connectivity index (χ1n) is 6.80. The largest absolute Gasteiger partial charge is 0.345 e. The summed E-state index contributed by atoms with van der Waals surface area (Å²) in [5.41, 5.74) is 7.51. The summed E-state index contributed by atoms with van der Waals surface area (Å²) < 4.78 is 0. The van der Waals surface area contributed by atoms with Crippen molar-refractivity contribution in [2.24, 2.45) is 5.73 Å². The molecular weight excluding hydrogens is 246 g/mol. The van der Waals surface area contributed by atoms with E-state index in [1.165, 1.54) is 19.4 Å². The molecule has 1 saturated heterocycles. The van der Waals surface area contributed by atoms with Gasteiger partial charge < -0.3 is 10.6 Å². The third kappa shape index (κ3) is 3.40. The van der Waals surface area contributed by atoms with Gasteiger partial charge in [-0.2, -0.15) is 0 Å². The SMILES string of the molecule is CCC(CCN)N1CCCN(c2nncs2)CC1. The molecule has 0 spiro atoms. The smallest absolute Gasteiger partial charge is 0.208 e. The minimum atomic E-state index is 0.643. The Hall–Kier alpha value is -0.720. The number of aromatic nitrogens is 2. The van der Waals surface area contributed by atoms with Gasteiger partial charge in [-0.05, 0) is 25.8 Å². The maximum Gasteiger partial charge on any atom is 0.208 e. The van der Waals surface area contributed by atoms with Crippen molar-refractivity contribution in [3.8, 4) is 0 Å². The molecule has 2 heterocycles. The van der Waals surface area contributed by atoms with E-state index in [2.05, 4.69) is 26.9 Å². The zero-order valence-corrected chi connectivity index (χ0v) is 11.9. The van der Waals surface area contributed by atoms with E-state index in [4.69, 9.17) is 5.73 Å². The predicted molar refractivity (Wildman–Crippen MR) is 76.1 cm³/mol. The van der Waals surface area contributed by atoms with Crippen molar-refractivity contribution in [3.63, 3.8) is 0 Å². The second-order valence-corrected chi connectivity index (χ2v) is 5.55. The average molecular weight is 269 g/mol. The minimum absolute atomic E-state index is 0.643. The molecule has 0 bridgehead atoms. The lowest BCUT2D eigenvalue weighted by atomic mass is 10.1. The molecule has 1 aliphatic rings. The highest BCUT2D eigenvalue weighted by atomic mass is 32.1. The minimum Gasteiger partial charge on any atom is -0.345 e. The van der Waals surface area contributed by atoms with Gasteiger partial charge in [-0.1, -0.05) is 18.3 Å². The van der Waals surface area contributed by atoms with Crippen LogP contribution in [0.2, 0.25) is 0 Å². The second-order valence-electron chi connectivity index (χ2n) is 4.74. The normalized spacial score (nSPS) is 19.8. The van der Waals surface area contributed by atoms with Crippen LogP contribution < -0.4 is 10.6 Å². The Morgan fingerprint density at radius 3 is 2.94 bits per heavy atom. The van der Waals surface area contributed by atoms with Crippen LogP contribution in [-0.2, 0) is 0 Å².